The van der Waals surface area contributed by atoms with E-state index in [1.807, 2.05) is 0 Å². The van der Waals surface area contributed by atoms with E-state index in [9.17, 15) is 19.5 Å². The van der Waals surface area contributed by atoms with E-state index in [0.717, 1.165) is 4.90 Å². The van der Waals surface area contributed by atoms with Crippen molar-refractivity contribution in [1.82, 2.24) is 0 Å². The van der Waals surface area contributed by atoms with Crippen LogP contribution in [0.1, 0.15) is 30.9 Å². The molecule has 0 bridgehead atoms. The number of carbonyl (C=O) groups is 3. The highest BCUT2D eigenvalue weighted by molar-refractivity contribution is 6.26. The number of amides is 2. The Bertz CT molecular complexity index is 1030. The standard InChI is InChI=1S/C23H23NO6/c1-4-23(14-21(26)27)16-7-5-6-8-17(16)24(22(23)28)20(25)12-10-15-9-11-18(29-2)19(13-15)30-3/h5-13H,4,14H2,1-3H3,(H,26,27). The topological polar surface area (TPSA) is 93.1 Å². The van der Waals surface area contributed by atoms with Crippen molar-refractivity contribution < 1.29 is 29.0 Å². The number of hydrogen-bond donors (Lipinski definition) is 1. The number of benzene rings is 2. The normalized spacial score (nSPS) is 17.8. The van der Waals surface area contributed by atoms with Gasteiger partial charge in [-0.25, -0.2) is 4.90 Å². The summed E-state index contributed by atoms with van der Waals surface area (Å²) < 4.78 is 10.5. The van der Waals surface area contributed by atoms with Crippen LogP contribution >= 0.6 is 0 Å². The van der Waals surface area contributed by atoms with Gasteiger partial charge in [-0.1, -0.05) is 31.2 Å². The van der Waals surface area contributed by atoms with Gasteiger partial charge in [0.1, 0.15) is 0 Å². The van der Waals surface area contributed by atoms with Gasteiger partial charge in [0.25, 0.3) is 5.91 Å². The van der Waals surface area contributed by atoms with Crippen molar-refractivity contribution in [2.75, 3.05) is 19.1 Å². The van der Waals surface area contributed by atoms with Gasteiger partial charge in [-0.05, 0) is 41.8 Å². The van der Waals surface area contributed by atoms with E-state index in [2.05, 4.69) is 0 Å². The summed E-state index contributed by atoms with van der Waals surface area (Å²) in [5.74, 6) is -1.07. The maximum atomic E-state index is 13.3. The van der Waals surface area contributed by atoms with Crippen molar-refractivity contribution in [2.24, 2.45) is 0 Å². The molecule has 7 heteroatoms. The molecule has 0 aliphatic carbocycles. The summed E-state index contributed by atoms with van der Waals surface area (Å²) in [4.78, 5) is 38.8. The maximum absolute atomic E-state index is 13.3. The molecule has 0 saturated carbocycles. The Kier molecular flexibility index (Phi) is 5.91. The minimum atomic E-state index is -1.25. The number of carbonyl (C=O) groups excluding carboxylic acids is 2. The number of hydrogen-bond acceptors (Lipinski definition) is 5. The average Bonchev–Trinajstić information content (AvgIpc) is 2.99. The Labute approximate surface area is 174 Å². The third-order valence-electron chi connectivity index (χ3n) is 5.38. The van der Waals surface area contributed by atoms with Gasteiger partial charge in [0.05, 0.1) is 31.7 Å². The predicted molar refractivity (Wildman–Crippen MR) is 112 cm³/mol. The lowest BCUT2D eigenvalue weighted by Gasteiger charge is -2.24. The van der Waals surface area contributed by atoms with Crippen molar-refractivity contribution in [1.29, 1.82) is 0 Å². The molecule has 1 atom stereocenters. The van der Waals surface area contributed by atoms with Crippen LogP contribution in [0.4, 0.5) is 5.69 Å². The smallest absolute Gasteiger partial charge is 0.304 e. The van der Waals surface area contributed by atoms with Gasteiger partial charge in [0, 0.05) is 6.08 Å². The maximum Gasteiger partial charge on any atom is 0.304 e. The number of aliphatic carboxylic acids is 1. The van der Waals surface area contributed by atoms with Crippen LogP contribution in [-0.4, -0.2) is 37.1 Å². The van der Waals surface area contributed by atoms with Crippen molar-refractivity contribution in [3.63, 3.8) is 0 Å². The molecule has 1 aliphatic heterocycles. The van der Waals surface area contributed by atoms with Gasteiger partial charge in [-0.3, -0.25) is 14.4 Å². The van der Waals surface area contributed by atoms with Crippen LogP contribution < -0.4 is 14.4 Å². The summed E-state index contributed by atoms with van der Waals surface area (Å²) >= 11 is 0. The SMILES string of the molecule is CCC1(CC(=O)O)C(=O)N(C(=O)C=Cc2ccc(OC)c(OC)c2)c2ccccc21. The molecule has 2 amide bonds. The van der Waals surface area contributed by atoms with Gasteiger partial charge in [0.2, 0.25) is 5.91 Å². The summed E-state index contributed by atoms with van der Waals surface area (Å²) in [6.07, 6.45) is 2.77. The van der Waals surface area contributed by atoms with Crippen LogP contribution in [0.25, 0.3) is 6.08 Å². The van der Waals surface area contributed by atoms with E-state index in [4.69, 9.17) is 9.47 Å². The Hall–Kier alpha value is -3.61. The Morgan fingerprint density at radius 2 is 1.80 bits per heavy atom. The molecular weight excluding hydrogens is 386 g/mol. The Morgan fingerprint density at radius 3 is 2.43 bits per heavy atom. The second-order valence-electron chi connectivity index (χ2n) is 6.95. The number of methoxy groups -OCH3 is 2. The van der Waals surface area contributed by atoms with E-state index in [0.29, 0.717) is 28.3 Å². The van der Waals surface area contributed by atoms with E-state index < -0.39 is 23.2 Å². The van der Waals surface area contributed by atoms with Crippen LogP contribution in [0.5, 0.6) is 11.5 Å². The third-order valence-corrected chi connectivity index (χ3v) is 5.38. The summed E-state index contributed by atoms with van der Waals surface area (Å²) in [7, 11) is 3.05. The number of carboxylic acids is 1. The minimum absolute atomic E-state index is 0.276. The van der Waals surface area contributed by atoms with Crippen LogP contribution in [0.15, 0.2) is 48.5 Å². The summed E-state index contributed by atoms with van der Waals surface area (Å²) in [5.41, 5.74) is 0.420. The molecule has 1 N–H and O–H groups in total. The second-order valence-corrected chi connectivity index (χ2v) is 6.95. The van der Waals surface area contributed by atoms with Gasteiger partial charge in [-0.2, -0.15) is 0 Å². The quantitative estimate of drug-likeness (QED) is 0.705. The first-order valence-electron chi connectivity index (χ1n) is 9.48. The molecule has 1 aliphatic rings. The zero-order valence-corrected chi connectivity index (χ0v) is 17.0. The molecule has 0 saturated heterocycles. The lowest BCUT2D eigenvalue weighted by atomic mass is 9.76. The van der Waals surface area contributed by atoms with Crippen molar-refractivity contribution in [3.05, 3.63) is 59.7 Å². The highest BCUT2D eigenvalue weighted by atomic mass is 16.5. The zero-order valence-electron chi connectivity index (χ0n) is 17.0. The van der Waals surface area contributed by atoms with E-state index >= 15 is 0 Å². The monoisotopic (exact) mass is 409 g/mol. The molecule has 2 aromatic rings. The van der Waals surface area contributed by atoms with Crippen molar-refractivity contribution in [3.8, 4) is 11.5 Å². The fourth-order valence-corrected chi connectivity index (χ4v) is 3.82. The first kappa shape index (κ1) is 21.1. The first-order chi connectivity index (χ1) is 14.4. The predicted octanol–water partition coefficient (Wildman–Crippen LogP) is 3.41. The van der Waals surface area contributed by atoms with Crippen LogP contribution in [0.2, 0.25) is 0 Å². The number of imide groups is 1. The fraction of sp³-hybridized carbons (Fsp3) is 0.261. The van der Waals surface area contributed by atoms with E-state index in [-0.39, 0.29) is 12.8 Å². The zero-order chi connectivity index (χ0) is 21.9. The number of rotatable bonds is 7. The molecule has 0 fully saturated rings. The minimum Gasteiger partial charge on any atom is -0.493 e. The van der Waals surface area contributed by atoms with Gasteiger partial charge in [-0.15, -0.1) is 0 Å². The molecule has 2 aromatic carbocycles. The van der Waals surface area contributed by atoms with Gasteiger partial charge >= 0.3 is 5.97 Å². The van der Waals surface area contributed by atoms with Gasteiger partial charge < -0.3 is 14.6 Å². The largest absolute Gasteiger partial charge is 0.493 e. The summed E-state index contributed by atoms with van der Waals surface area (Å²) in [5, 5.41) is 9.39. The third kappa shape index (κ3) is 3.54. The van der Waals surface area contributed by atoms with Crippen LogP contribution in [-0.2, 0) is 19.8 Å². The fourth-order valence-electron chi connectivity index (χ4n) is 3.82. The van der Waals surface area contributed by atoms with E-state index in [1.54, 1.807) is 55.5 Å². The molecule has 0 aromatic heterocycles. The molecule has 156 valence electrons. The average molecular weight is 409 g/mol. The van der Waals surface area contributed by atoms with Crippen LogP contribution in [0.3, 0.4) is 0 Å². The molecule has 1 heterocycles. The number of para-hydroxylation sites is 1. The molecular formula is C23H23NO6. The molecule has 0 radical (unpaired) electrons. The molecule has 7 nitrogen and oxygen atoms in total. The number of fused-ring (bicyclic) bond motifs is 1. The Morgan fingerprint density at radius 1 is 1.10 bits per heavy atom. The first-order valence-corrected chi connectivity index (χ1v) is 9.48. The molecule has 3 rings (SSSR count). The molecule has 0 spiro atoms. The number of carboxylic acid groups (broad SMARTS) is 1. The lowest BCUT2D eigenvalue weighted by Crippen LogP contribution is -2.43. The highest BCUT2D eigenvalue weighted by Crippen LogP contribution is 2.46. The summed E-state index contributed by atoms with van der Waals surface area (Å²) in [6.45, 7) is 1.76. The van der Waals surface area contributed by atoms with Crippen molar-refractivity contribution in [2.45, 2.75) is 25.2 Å². The summed E-state index contributed by atoms with van der Waals surface area (Å²) in [6, 6.07) is 12.0. The number of anilines is 1. The molecule has 30 heavy (non-hydrogen) atoms. The number of ether oxygens (including phenoxy) is 2. The molecule has 1 unspecified atom stereocenters. The highest BCUT2D eigenvalue weighted by Gasteiger charge is 2.52. The lowest BCUT2D eigenvalue weighted by molar-refractivity contribution is -0.142. The van der Waals surface area contributed by atoms with Gasteiger partial charge in [0.15, 0.2) is 11.5 Å². The Balaban J connectivity index is 1.96. The van der Waals surface area contributed by atoms with Crippen molar-refractivity contribution >= 4 is 29.5 Å². The second kappa shape index (κ2) is 8.41. The number of nitrogens with zero attached hydrogens (tertiary/aromatic N) is 1. The van der Waals surface area contributed by atoms with E-state index in [1.165, 1.54) is 20.3 Å². The van der Waals surface area contributed by atoms with Crippen LogP contribution in [0, 0.1) is 0 Å².